The summed E-state index contributed by atoms with van der Waals surface area (Å²) in [5.41, 5.74) is 0.851. The van der Waals surface area contributed by atoms with Crippen molar-refractivity contribution in [1.29, 1.82) is 0 Å². The molecule has 2 N–H and O–H groups in total. The fourth-order valence-corrected chi connectivity index (χ4v) is 3.02. The maximum atomic E-state index is 12.3. The van der Waals surface area contributed by atoms with Crippen LogP contribution >= 0.6 is 0 Å². The van der Waals surface area contributed by atoms with E-state index >= 15 is 0 Å². The minimum atomic E-state index is -0.605. The summed E-state index contributed by atoms with van der Waals surface area (Å²) >= 11 is 0. The van der Waals surface area contributed by atoms with Gasteiger partial charge in [-0.2, -0.15) is 0 Å². The highest BCUT2D eigenvalue weighted by molar-refractivity contribution is 6.35. The van der Waals surface area contributed by atoms with Gasteiger partial charge in [-0.3, -0.25) is 9.59 Å². The normalized spacial score (nSPS) is 22.4. The summed E-state index contributed by atoms with van der Waals surface area (Å²) in [7, 11) is 0. The molecule has 2 unspecified atom stereocenters. The maximum Gasteiger partial charge on any atom is 0.312 e. The SMILES string of the molecule is O=C(NC1CC1)C(=O)N1CCCC1CC(O)c1ccccc1. The first kappa shape index (κ1) is 15.0. The summed E-state index contributed by atoms with van der Waals surface area (Å²) in [4.78, 5) is 25.8. The molecule has 1 saturated heterocycles. The summed E-state index contributed by atoms with van der Waals surface area (Å²) in [5, 5.41) is 13.1. The molecule has 3 rings (SSSR count). The fraction of sp³-hybridized carbons (Fsp3) is 0.529. The Labute approximate surface area is 130 Å². The van der Waals surface area contributed by atoms with Gasteiger partial charge in [0.1, 0.15) is 0 Å². The molecule has 1 heterocycles. The molecule has 1 aliphatic carbocycles. The van der Waals surface area contributed by atoms with Crippen molar-refractivity contribution in [2.75, 3.05) is 6.54 Å². The highest BCUT2D eigenvalue weighted by Gasteiger charge is 2.35. The number of hydrogen-bond donors (Lipinski definition) is 2. The number of nitrogens with one attached hydrogen (secondary N) is 1. The van der Waals surface area contributed by atoms with E-state index in [2.05, 4.69) is 5.32 Å². The molecule has 0 radical (unpaired) electrons. The van der Waals surface area contributed by atoms with E-state index in [0.717, 1.165) is 31.2 Å². The fourth-order valence-electron chi connectivity index (χ4n) is 3.02. The van der Waals surface area contributed by atoms with E-state index < -0.39 is 17.9 Å². The number of likely N-dealkylation sites (tertiary alicyclic amines) is 1. The summed E-state index contributed by atoms with van der Waals surface area (Å²) in [6.07, 6.45) is 3.53. The van der Waals surface area contributed by atoms with Crippen molar-refractivity contribution in [2.24, 2.45) is 0 Å². The zero-order chi connectivity index (χ0) is 15.5. The van der Waals surface area contributed by atoms with Gasteiger partial charge in [-0.1, -0.05) is 30.3 Å². The predicted octanol–water partition coefficient (Wildman–Crippen LogP) is 1.38. The van der Waals surface area contributed by atoms with Crippen LogP contribution in [0.15, 0.2) is 30.3 Å². The van der Waals surface area contributed by atoms with E-state index in [1.165, 1.54) is 0 Å². The minimum absolute atomic E-state index is 0.0624. The van der Waals surface area contributed by atoms with Crippen molar-refractivity contribution in [3.8, 4) is 0 Å². The number of nitrogens with zero attached hydrogens (tertiary/aromatic N) is 1. The Kier molecular flexibility index (Phi) is 4.43. The van der Waals surface area contributed by atoms with Crippen LogP contribution in [-0.4, -0.2) is 40.4 Å². The molecule has 5 heteroatoms. The summed E-state index contributed by atoms with van der Waals surface area (Å²) < 4.78 is 0. The molecular formula is C17H22N2O3. The van der Waals surface area contributed by atoms with Gasteiger partial charge in [0, 0.05) is 18.6 Å². The first-order valence-corrected chi connectivity index (χ1v) is 7.99. The molecule has 2 amide bonds. The molecule has 5 nitrogen and oxygen atoms in total. The number of amides is 2. The molecule has 2 aliphatic rings. The second kappa shape index (κ2) is 6.48. The summed E-state index contributed by atoms with van der Waals surface area (Å²) in [6, 6.07) is 9.57. The molecule has 2 atom stereocenters. The number of aliphatic hydroxyl groups is 1. The van der Waals surface area contributed by atoms with E-state index in [1.54, 1.807) is 4.90 Å². The van der Waals surface area contributed by atoms with Gasteiger partial charge in [0.05, 0.1) is 6.10 Å². The Balaban J connectivity index is 1.60. The lowest BCUT2D eigenvalue weighted by atomic mass is 10.0. The predicted molar refractivity (Wildman–Crippen MR) is 81.9 cm³/mol. The first-order chi connectivity index (χ1) is 10.6. The van der Waals surface area contributed by atoms with Crippen LogP contribution < -0.4 is 5.32 Å². The molecule has 1 aromatic carbocycles. The number of benzene rings is 1. The molecule has 1 saturated carbocycles. The highest BCUT2D eigenvalue weighted by Crippen LogP contribution is 2.27. The maximum absolute atomic E-state index is 12.3. The van der Waals surface area contributed by atoms with Crippen LogP contribution in [0.3, 0.4) is 0 Å². The van der Waals surface area contributed by atoms with Gasteiger partial charge in [0.15, 0.2) is 0 Å². The van der Waals surface area contributed by atoms with Crippen molar-refractivity contribution in [3.05, 3.63) is 35.9 Å². The van der Waals surface area contributed by atoms with Gasteiger partial charge < -0.3 is 15.3 Å². The number of carbonyl (C=O) groups excluding carboxylic acids is 2. The lowest BCUT2D eigenvalue weighted by Gasteiger charge is -2.26. The van der Waals surface area contributed by atoms with E-state index in [1.807, 2.05) is 30.3 Å². The second-order valence-electron chi connectivity index (χ2n) is 6.20. The van der Waals surface area contributed by atoms with Gasteiger partial charge >= 0.3 is 11.8 Å². The third kappa shape index (κ3) is 3.47. The quantitative estimate of drug-likeness (QED) is 0.826. The van der Waals surface area contributed by atoms with E-state index in [4.69, 9.17) is 0 Å². The summed E-state index contributed by atoms with van der Waals surface area (Å²) in [5.74, 6) is -0.946. The van der Waals surface area contributed by atoms with Crippen LogP contribution in [-0.2, 0) is 9.59 Å². The van der Waals surface area contributed by atoms with Gasteiger partial charge in [-0.15, -0.1) is 0 Å². The zero-order valence-electron chi connectivity index (χ0n) is 12.6. The topological polar surface area (TPSA) is 69.6 Å². The summed E-state index contributed by atoms with van der Waals surface area (Å²) in [6.45, 7) is 0.600. The van der Waals surface area contributed by atoms with Crippen molar-refractivity contribution >= 4 is 11.8 Å². The average molecular weight is 302 g/mol. The monoisotopic (exact) mass is 302 g/mol. The van der Waals surface area contributed by atoms with Crippen molar-refractivity contribution in [3.63, 3.8) is 0 Å². The molecular weight excluding hydrogens is 280 g/mol. The van der Waals surface area contributed by atoms with E-state index in [0.29, 0.717) is 13.0 Å². The van der Waals surface area contributed by atoms with Crippen LogP contribution in [0.2, 0.25) is 0 Å². The molecule has 1 aromatic rings. The molecule has 0 aromatic heterocycles. The van der Waals surface area contributed by atoms with Gasteiger partial charge in [0.2, 0.25) is 0 Å². The van der Waals surface area contributed by atoms with Crippen LogP contribution in [0, 0.1) is 0 Å². The molecule has 118 valence electrons. The average Bonchev–Trinajstić information content (AvgIpc) is 3.23. The second-order valence-corrected chi connectivity index (χ2v) is 6.20. The Morgan fingerprint density at radius 1 is 1.23 bits per heavy atom. The third-order valence-corrected chi connectivity index (χ3v) is 4.42. The molecule has 22 heavy (non-hydrogen) atoms. The van der Waals surface area contributed by atoms with Crippen LogP contribution in [0.4, 0.5) is 0 Å². The van der Waals surface area contributed by atoms with E-state index in [9.17, 15) is 14.7 Å². The van der Waals surface area contributed by atoms with Crippen LogP contribution in [0.25, 0.3) is 0 Å². The Morgan fingerprint density at radius 2 is 1.95 bits per heavy atom. The van der Waals surface area contributed by atoms with Crippen molar-refractivity contribution in [2.45, 2.75) is 50.3 Å². The minimum Gasteiger partial charge on any atom is -0.388 e. The van der Waals surface area contributed by atoms with Crippen molar-refractivity contribution in [1.82, 2.24) is 10.2 Å². The number of hydrogen-bond acceptors (Lipinski definition) is 3. The largest absolute Gasteiger partial charge is 0.388 e. The van der Waals surface area contributed by atoms with Crippen molar-refractivity contribution < 1.29 is 14.7 Å². The first-order valence-electron chi connectivity index (χ1n) is 7.99. The smallest absolute Gasteiger partial charge is 0.312 e. The molecule has 0 bridgehead atoms. The van der Waals surface area contributed by atoms with Crippen LogP contribution in [0.5, 0.6) is 0 Å². The van der Waals surface area contributed by atoms with E-state index in [-0.39, 0.29) is 12.1 Å². The molecule has 2 fully saturated rings. The number of carbonyl (C=O) groups is 2. The Bertz CT molecular complexity index is 542. The third-order valence-electron chi connectivity index (χ3n) is 4.42. The Morgan fingerprint density at radius 3 is 2.64 bits per heavy atom. The highest BCUT2D eigenvalue weighted by atomic mass is 16.3. The standard InChI is InChI=1S/C17H22N2O3/c20-15(12-5-2-1-3-6-12)11-14-7-4-10-19(14)17(22)16(21)18-13-8-9-13/h1-3,5-6,13-15,20H,4,7-11H2,(H,18,21). The van der Waals surface area contributed by atoms with Gasteiger partial charge in [-0.25, -0.2) is 0 Å². The lowest BCUT2D eigenvalue weighted by Crippen LogP contribution is -2.46. The Hall–Kier alpha value is -1.88. The lowest BCUT2D eigenvalue weighted by molar-refractivity contribution is -0.146. The zero-order valence-corrected chi connectivity index (χ0v) is 12.6. The number of rotatable bonds is 4. The molecule has 0 spiro atoms. The van der Waals surface area contributed by atoms with Gasteiger partial charge in [0.25, 0.3) is 0 Å². The number of aliphatic hydroxyl groups excluding tert-OH is 1. The molecule has 1 aliphatic heterocycles. The van der Waals surface area contributed by atoms with Crippen LogP contribution in [0.1, 0.15) is 43.8 Å². The van der Waals surface area contributed by atoms with Gasteiger partial charge in [-0.05, 0) is 37.7 Å².